The summed E-state index contributed by atoms with van der Waals surface area (Å²) in [6.07, 6.45) is 2.87. The first-order valence-electron chi connectivity index (χ1n) is 11.2. The van der Waals surface area contributed by atoms with E-state index < -0.39 is 6.04 Å². The molecular weight excluding hydrogens is 475 g/mol. The summed E-state index contributed by atoms with van der Waals surface area (Å²) in [5, 5.41) is 6.56. The molecule has 5 rings (SSSR count). The molecule has 0 aromatic heterocycles. The maximum absolute atomic E-state index is 13.4. The van der Waals surface area contributed by atoms with E-state index >= 15 is 0 Å². The van der Waals surface area contributed by atoms with Gasteiger partial charge < -0.3 is 15.5 Å². The molecule has 1 aliphatic carbocycles. The molecule has 0 spiro atoms. The first kappa shape index (κ1) is 22.7. The highest BCUT2D eigenvalue weighted by Crippen LogP contribution is 2.40. The molecule has 0 saturated carbocycles. The maximum atomic E-state index is 13.4. The molecule has 0 bridgehead atoms. The molecule has 2 unspecified atom stereocenters. The van der Waals surface area contributed by atoms with Gasteiger partial charge in [0.05, 0.1) is 39.9 Å². The summed E-state index contributed by atoms with van der Waals surface area (Å²) >= 11 is 12.6. The summed E-state index contributed by atoms with van der Waals surface area (Å²) in [5.74, 6) is -0.531. The van der Waals surface area contributed by atoms with Crippen LogP contribution in [0, 0.1) is 0 Å². The fourth-order valence-electron chi connectivity index (χ4n) is 5.04. The van der Waals surface area contributed by atoms with Crippen molar-refractivity contribution in [2.75, 3.05) is 20.1 Å². The minimum Gasteiger partial charge on any atom is -0.348 e. The van der Waals surface area contributed by atoms with Crippen LogP contribution in [-0.2, 0) is 16.0 Å². The third-order valence-electron chi connectivity index (χ3n) is 6.77. The smallest absolute Gasteiger partial charge is 0.322 e. The van der Waals surface area contributed by atoms with Crippen LogP contribution in [0.3, 0.4) is 0 Å². The van der Waals surface area contributed by atoms with Crippen LogP contribution in [0.1, 0.15) is 41.6 Å². The number of amides is 4. The molecule has 0 fully saturated rings. The Hall–Kier alpha value is -3.03. The number of nitrogens with one attached hydrogen (secondary N) is 2. The average Bonchev–Trinajstić information content (AvgIpc) is 3.14. The molecule has 2 atom stereocenters. The zero-order chi connectivity index (χ0) is 24.0. The van der Waals surface area contributed by atoms with Crippen molar-refractivity contribution in [2.24, 2.45) is 0 Å². The van der Waals surface area contributed by atoms with Crippen molar-refractivity contribution in [3.8, 4) is 0 Å². The summed E-state index contributed by atoms with van der Waals surface area (Å²) in [5.41, 5.74) is 3.90. The number of halogens is 2. The van der Waals surface area contributed by atoms with Crippen LogP contribution in [0.4, 0.5) is 4.79 Å². The van der Waals surface area contributed by atoms with E-state index in [1.165, 1.54) is 15.4 Å². The molecule has 4 amide bonds. The van der Waals surface area contributed by atoms with Crippen LogP contribution in [0.2, 0.25) is 10.0 Å². The number of benzene rings is 2. The van der Waals surface area contributed by atoms with Crippen LogP contribution in [0.5, 0.6) is 0 Å². The first-order chi connectivity index (χ1) is 16.3. The van der Waals surface area contributed by atoms with E-state index in [2.05, 4.69) is 16.7 Å². The van der Waals surface area contributed by atoms with Crippen molar-refractivity contribution in [1.29, 1.82) is 0 Å². The fourth-order valence-corrected chi connectivity index (χ4v) is 5.46. The Morgan fingerprint density at radius 3 is 2.71 bits per heavy atom. The third-order valence-corrected chi connectivity index (χ3v) is 7.60. The molecule has 2 aromatic carbocycles. The van der Waals surface area contributed by atoms with E-state index in [0.29, 0.717) is 21.9 Å². The van der Waals surface area contributed by atoms with Crippen molar-refractivity contribution in [2.45, 2.75) is 31.3 Å². The Morgan fingerprint density at radius 1 is 1.12 bits per heavy atom. The van der Waals surface area contributed by atoms with Gasteiger partial charge in [0.2, 0.25) is 5.91 Å². The third kappa shape index (κ3) is 3.93. The van der Waals surface area contributed by atoms with Crippen molar-refractivity contribution in [3.05, 3.63) is 80.5 Å². The zero-order valence-electron chi connectivity index (χ0n) is 18.6. The van der Waals surface area contributed by atoms with Gasteiger partial charge >= 0.3 is 6.03 Å². The predicted octanol–water partition coefficient (Wildman–Crippen LogP) is 3.98. The highest BCUT2D eigenvalue weighted by Gasteiger charge is 2.44. The topological polar surface area (TPSA) is 81.8 Å². The highest BCUT2D eigenvalue weighted by molar-refractivity contribution is 6.42. The minimum atomic E-state index is -0.740. The lowest BCUT2D eigenvalue weighted by Gasteiger charge is -2.31. The number of aryl methyl sites for hydroxylation is 1. The van der Waals surface area contributed by atoms with Gasteiger partial charge in [-0.2, -0.15) is 0 Å². The summed E-state index contributed by atoms with van der Waals surface area (Å²) in [6.45, 7) is 0.0734. The number of fused-ring (bicyclic) bond motifs is 1. The predicted molar refractivity (Wildman–Crippen MR) is 129 cm³/mol. The second kappa shape index (κ2) is 8.96. The Bertz CT molecular complexity index is 1230. The summed E-state index contributed by atoms with van der Waals surface area (Å²) in [4.78, 5) is 41.9. The second-order valence-corrected chi connectivity index (χ2v) is 9.60. The first-order valence-corrected chi connectivity index (χ1v) is 12.0. The van der Waals surface area contributed by atoms with Crippen LogP contribution < -0.4 is 10.6 Å². The van der Waals surface area contributed by atoms with Crippen molar-refractivity contribution < 1.29 is 14.4 Å². The molecule has 2 aliphatic heterocycles. The lowest BCUT2D eigenvalue weighted by atomic mass is 9.88. The Balaban J connectivity index is 1.36. The van der Waals surface area contributed by atoms with Gasteiger partial charge in [0.1, 0.15) is 6.54 Å². The second-order valence-electron chi connectivity index (χ2n) is 8.82. The lowest BCUT2D eigenvalue weighted by Crippen LogP contribution is -2.45. The molecule has 2 heterocycles. The van der Waals surface area contributed by atoms with Gasteiger partial charge in [0, 0.05) is 7.05 Å². The number of hydrogen-bond acceptors (Lipinski definition) is 3. The van der Waals surface area contributed by atoms with Crippen LogP contribution in [0.25, 0.3) is 0 Å². The van der Waals surface area contributed by atoms with E-state index in [1.807, 2.05) is 18.2 Å². The van der Waals surface area contributed by atoms with Crippen LogP contribution >= 0.6 is 23.2 Å². The lowest BCUT2D eigenvalue weighted by molar-refractivity contribution is -0.132. The number of likely N-dealkylation sites (N-methyl/N-ethyl adjacent to an activating group) is 1. The van der Waals surface area contributed by atoms with Gasteiger partial charge in [0.25, 0.3) is 5.91 Å². The van der Waals surface area contributed by atoms with Gasteiger partial charge in [-0.25, -0.2) is 4.79 Å². The highest BCUT2D eigenvalue weighted by atomic mass is 35.5. The number of nitrogens with zero attached hydrogens (tertiary/aromatic N) is 2. The molecule has 176 valence electrons. The van der Waals surface area contributed by atoms with E-state index in [0.717, 1.165) is 24.8 Å². The van der Waals surface area contributed by atoms with Crippen molar-refractivity contribution in [3.63, 3.8) is 0 Å². The minimum absolute atomic E-state index is 0.0679. The van der Waals surface area contributed by atoms with Gasteiger partial charge in [0.15, 0.2) is 0 Å². The number of rotatable bonds is 4. The Morgan fingerprint density at radius 2 is 1.88 bits per heavy atom. The average molecular weight is 499 g/mol. The molecule has 0 radical (unpaired) electrons. The molecular formula is C25H24Cl2N4O3. The number of urea groups is 1. The fraction of sp³-hybridized carbons (Fsp3) is 0.320. The molecule has 0 saturated heterocycles. The van der Waals surface area contributed by atoms with Gasteiger partial charge in [-0.1, -0.05) is 59.6 Å². The van der Waals surface area contributed by atoms with E-state index in [4.69, 9.17) is 23.2 Å². The van der Waals surface area contributed by atoms with E-state index in [1.54, 1.807) is 25.2 Å². The van der Waals surface area contributed by atoms with E-state index in [-0.39, 0.29) is 42.0 Å². The zero-order valence-corrected chi connectivity index (χ0v) is 20.1. The van der Waals surface area contributed by atoms with Crippen LogP contribution in [-0.4, -0.2) is 47.8 Å². The maximum Gasteiger partial charge on any atom is 0.322 e. The molecule has 7 nitrogen and oxygen atoms in total. The molecule has 2 aromatic rings. The van der Waals surface area contributed by atoms with Crippen molar-refractivity contribution >= 4 is 41.0 Å². The molecule has 3 aliphatic rings. The Labute approximate surface area is 207 Å². The van der Waals surface area contributed by atoms with Gasteiger partial charge in [-0.3, -0.25) is 14.5 Å². The Kier molecular flexibility index (Phi) is 6.00. The van der Waals surface area contributed by atoms with E-state index in [9.17, 15) is 14.4 Å². The largest absolute Gasteiger partial charge is 0.348 e. The standard InChI is InChI=1S/C25H24Cl2N4O3/c1-30-19-12-31(13-20(32)28-18-11-4-7-14-6-2-3-8-15(14)18)24(33)21(19)23(29-25(30)34)16-9-5-10-17(26)22(16)27/h2-3,5-6,8-10,18,23H,4,7,11-13H2,1H3,(H,28,32)(H,29,34). The van der Waals surface area contributed by atoms with Gasteiger partial charge in [-0.15, -0.1) is 0 Å². The summed E-state index contributed by atoms with van der Waals surface area (Å²) in [7, 11) is 1.61. The quantitative estimate of drug-likeness (QED) is 0.668. The monoisotopic (exact) mass is 498 g/mol. The van der Waals surface area contributed by atoms with Gasteiger partial charge in [-0.05, 0) is 42.0 Å². The summed E-state index contributed by atoms with van der Waals surface area (Å²) < 4.78 is 0. The SMILES string of the molecule is CN1C(=O)NC(c2cccc(Cl)c2Cl)C2=C1CN(CC(=O)NC1CCCc3ccccc31)C2=O. The normalized spacial score (nSPS) is 21.9. The van der Waals surface area contributed by atoms with Crippen molar-refractivity contribution in [1.82, 2.24) is 20.4 Å². The summed E-state index contributed by atoms with van der Waals surface area (Å²) in [6, 6.07) is 12.1. The number of carbonyl (C=O) groups excluding carboxylic acids is 3. The number of carbonyl (C=O) groups is 3. The molecule has 2 N–H and O–H groups in total. The molecule has 9 heteroatoms. The van der Waals surface area contributed by atoms with Crippen LogP contribution in [0.15, 0.2) is 53.7 Å². The number of hydrogen-bond donors (Lipinski definition) is 2. The molecule has 34 heavy (non-hydrogen) atoms.